The van der Waals surface area contributed by atoms with E-state index in [2.05, 4.69) is 4.98 Å². The SMILES string of the molecule is Cc1ccc(S(=O)(=O)N2CCN(C(=O)c3nc(Cl)ccc3Cl)CC2)cc1C. The number of aryl methyl sites for hydroxylation is 2. The van der Waals surface area contributed by atoms with Crippen LogP contribution in [0, 0.1) is 13.8 Å². The van der Waals surface area contributed by atoms with Gasteiger partial charge < -0.3 is 4.90 Å². The number of halogens is 2. The van der Waals surface area contributed by atoms with Gasteiger partial charge in [0.15, 0.2) is 0 Å². The zero-order valence-corrected chi connectivity index (χ0v) is 17.3. The molecule has 0 unspecified atom stereocenters. The van der Waals surface area contributed by atoms with E-state index in [1.165, 1.54) is 21.3 Å². The van der Waals surface area contributed by atoms with Crippen molar-refractivity contribution in [1.29, 1.82) is 0 Å². The number of hydrogen-bond acceptors (Lipinski definition) is 4. The van der Waals surface area contributed by atoms with Gasteiger partial charge in [0.25, 0.3) is 5.91 Å². The van der Waals surface area contributed by atoms with Crippen LogP contribution in [0.25, 0.3) is 0 Å². The molecular weight excluding hydrogens is 409 g/mol. The van der Waals surface area contributed by atoms with Gasteiger partial charge in [0.1, 0.15) is 10.8 Å². The van der Waals surface area contributed by atoms with Crippen LogP contribution in [0.15, 0.2) is 35.2 Å². The van der Waals surface area contributed by atoms with E-state index in [0.717, 1.165) is 11.1 Å². The first kappa shape index (κ1) is 20.1. The molecule has 1 aromatic carbocycles. The van der Waals surface area contributed by atoms with Crippen LogP contribution in [0.5, 0.6) is 0 Å². The maximum atomic E-state index is 12.9. The number of pyridine rings is 1. The number of rotatable bonds is 3. The highest BCUT2D eigenvalue weighted by atomic mass is 35.5. The van der Waals surface area contributed by atoms with Gasteiger partial charge in [0.2, 0.25) is 10.0 Å². The molecule has 1 aliphatic heterocycles. The number of amides is 1. The minimum absolute atomic E-state index is 0.0784. The molecule has 27 heavy (non-hydrogen) atoms. The minimum Gasteiger partial charge on any atom is -0.335 e. The number of benzene rings is 1. The quantitative estimate of drug-likeness (QED) is 0.705. The topological polar surface area (TPSA) is 70.6 Å². The fourth-order valence-corrected chi connectivity index (χ4v) is 4.71. The third-order valence-corrected chi connectivity index (χ3v) is 7.07. The third-order valence-electron chi connectivity index (χ3n) is 4.66. The molecule has 2 heterocycles. The van der Waals surface area contributed by atoms with Crippen molar-refractivity contribution in [2.24, 2.45) is 0 Å². The summed E-state index contributed by atoms with van der Waals surface area (Å²) in [6, 6.07) is 8.12. The molecule has 3 rings (SSSR count). The molecule has 1 aromatic heterocycles. The molecule has 6 nitrogen and oxygen atoms in total. The number of carbonyl (C=O) groups excluding carboxylic acids is 1. The Bertz CT molecular complexity index is 987. The lowest BCUT2D eigenvalue weighted by Gasteiger charge is -2.34. The van der Waals surface area contributed by atoms with Crippen molar-refractivity contribution >= 4 is 39.1 Å². The standard InChI is InChI=1S/C18H19Cl2N3O3S/c1-12-3-4-14(11-13(12)2)27(25,26)23-9-7-22(8-10-23)18(24)17-15(19)5-6-16(20)21-17/h3-6,11H,7-10H2,1-2H3. The molecule has 0 N–H and O–H groups in total. The largest absolute Gasteiger partial charge is 0.335 e. The zero-order chi connectivity index (χ0) is 19.8. The summed E-state index contributed by atoms with van der Waals surface area (Å²) in [7, 11) is -3.60. The van der Waals surface area contributed by atoms with Gasteiger partial charge in [-0.15, -0.1) is 0 Å². The summed E-state index contributed by atoms with van der Waals surface area (Å²) in [5.41, 5.74) is 2.04. The fraction of sp³-hybridized carbons (Fsp3) is 0.333. The van der Waals surface area contributed by atoms with E-state index in [1.807, 2.05) is 13.8 Å². The van der Waals surface area contributed by atoms with E-state index in [0.29, 0.717) is 0 Å². The lowest BCUT2D eigenvalue weighted by atomic mass is 10.1. The van der Waals surface area contributed by atoms with Crippen molar-refractivity contribution in [2.75, 3.05) is 26.2 Å². The van der Waals surface area contributed by atoms with E-state index in [9.17, 15) is 13.2 Å². The first-order valence-electron chi connectivity index (χ1n) is 8.39. The lowest BCUT2D eigenvalue weighted by molar-refractivity contribution is 0.0692. The number of nitrogens with zero attached hydrogens (tertiary/aromatic N) is 3. The number of aromatic nitrogens is 1. The average Bonchev–Trinajstić information content (AvgIpc) is 2.65. The number of carbonyl (C=O) groups is 1. The second-order valence-electron chi connectivity index (χ2n) is 6.41. The van der Waals surface area contributed by atoms with Crippen molar-refractivity contribution in [2.45, 2.75) is 18.7 Å². The zero-order valence-electron chi connectivity index (χ0n) is 14.9. The Morgan fingerprint density at radius 3 is 2.30 bits per heavy atom. The fourth-order valence-electron chi connectivity index (χ4n) is 2.87. The first-order chi connectivity index (χ1) is 12.7. The van der Waals surface area contributed by atoms with Crippen LogP contribution in [-0.4, -0.2) is 54.7 Å². The molecule has 0 aliphatic carbocycles. The van der Waals surface area contributed by atoms with Crippen LogP contribution in [0.3, 0.4) is 0 Å². The second kappa shape index (κ2) is 7.75. The molecule has 0 spiro atoms. The Morgan fingerprint density at radius 1 is 1.00 bits per heavy atom. The van der Waals surface area contributed by atoms with Gasteiger partial charge in [0.05, 0.1) is 9.92 Å². The Balaban J connectivity index is 1.73. The molecule has 0 saturated carbocycles. The Morgan fingerprint density at radius 2 is 1.67 bits per heavy atom. The molecule has 1 fully saturated rings. The second-order valence-corrected chi connectivity index (χ2v) is 9.14. The van der Waals surface area contributed by atoms with Gasteiger partial charge in [-0.3, -0.25) is 4.79 Å². The highest BCUT2D eigenvalue weighted by molar-refractivity contribution is 7.89. The molecule has 2 aromatic rings. The van der Waals surface area contributed by atoms with Gasteiger partial charge in [-0.2, -0.15) is 4.31 Å². The van der Waals surface area contributed by atoms with Gasteiger partial charge >= 0.3 is 0 Å². The van der Waals surface area contributed by atoms with Crippen LogP contribution in [0.1, 0.15) is 21.6 Å². The molecular formula is C18H19Cl2N3O3S. The number of piperazine rings is 1. The van der Waals surface area contributed by atoms with Gasteiger partial charge in [-0.1, -0.05) is 29.3 Å². The summed E-state index contributed by atoms with van der Waals surface area (Å²) in [5.74, 6) is -0.356. The molecule has 0 radical (unpaired) electrons. The summed E-state index contributed by atoms with van der Waals surface area (Å²) in [5, 5.41) is 0.397. The first-order valence-corrected chi connectivity index (χ1v) is 10.6. The normalized spacial score (nSPS) is 15.8. The maximum absolute atomic E-state index is 12.9. The number of sulfonamides is 1. The Hall–Kier alpha value is -1.67. The smallest absolute Gasteiger partial charge is 0.274 e. The van der Waals surface area contributed by atoms with E-state index < -0.39 is 10.0 Å². The summed E-state index contributed by atoms with van der Waals surface area (Å²) in [4.78, 5) is 18.4. The van der Waals surface area contributed by atoms with E-state index in [4.69, 9.17) is 23.2 Å². The number of hydrogen-bond donors (Lipinski definition) is 0. The Kier molecular flexibility index (Phi) is 5.76. The van der Waals surface area contributed by atoms with Crippen molar-refractivity contribution in [3.63, 3.8) is 0 Å². The van der Waals surface area contributed by atoms with Gasteiger partial charge in [0, 0.05) is 26.2 Å². The Labute approximate surface area is 168 Å². The molecule has 144 valence electrons. The predicted octanol–water partition coefficient (Wildman–Crippen LogP) is 3.15. The average molecular weight is 428 g/mol. The molecule has 9 heteroatoms. The van der Waals surface area contributed by atoms with Crippen LogP contribution in [0.2, 0.25) is 10.2 Å². The lowest BCUT2D eigenvalue weighted by Crippen LogP contribution is -2.50. The molecule has 1 saturated heterocycles. The van der Waals surface area contributed by atoms with Crippen molar-refractivity contribution < 1.29 is 13.2 Å². The van der Waals surface area contributed by atoms with E-state index in [-0.39, 0.29) is 52.9 Å². The van der Waals surface area contributed by atoms with Crippen molar-refractivity contribution in [3.05, 3.63) is 57.3 Å². The summed E-state index contributed by atoms with van der Waals surface area (Å²) in [6.07, 6.45) is 0. The molecule has 0 atom stereocenters. The minimum atomic E-state index is -3.60. The summed E-state index contributed by atoms with van der Waals surface area (Å²) in [6.45, 7) is 4.75. The predicted molar refractivity (Wildman–Crippen MR) is 105 cm³/mol. The molecule has 0 bridgehead atoms. The summed E-state index contributed by atoms with van der Waals surface area (Å²) >= 11 is 11.9. The van der Waals surface area contributed by atoms with E-state index >= 15 is 0 Å². The van der Waals surface area contributed by atoms with Gasteiger partial charge in [-0.25, -0.2) is 13.4 Å². The highest BCUT2D eigenvalue weighted by Crippen LogP contribution is 2.22. The highest BCUT2D eigenvalue weighted by Gasteiger charge is 2.31. The maximum Gasteiger partial charge on any atom is 0.274 e. The van der Waals surface area contributed by atoms with Gasteiger partial charge in [-0.05, 0) is 49.2 Å². The van der Waals surface area contributed by atoms with Crippen LogP contribution < -0.4 is 0 Å². The summed E-state index contributed by atoms with van der Waals surface area (Å²) < 4.78 is 27.1. The molecule has 1 aliphatic rings. The van der Waals surface area contributed by atoms with Crippen LogP contribution >= 0.6 is 23.2 Å². The monoisotopic (exact) mass is 427 g/mol. The van der Waals surface area contributed by atoms with Crippen molar-refractivity contribution in [3.8, 4) is 0 Å². The van der Waals surface area contributed by atoms with E-state index in [1.54, 1.807) is 18.2 Å². The molecule has 1 amide bonds. The van der Waals surface area contributed by atoms with Crippen LogP contribution in [-0.2, 0) is 10.0 Å². The third kappa shape index (κ3) is 4.11. The van der Waals surface area contributed by atoms with Crippen LogP contribution in [0.4, 0.5) is 0 Å². The van der Waals surface area contributed by atoms with Crippen molar-refractivity contribution in [1.82, 2.24) is 14.2 Å².